The van der Waals surface area contributed by atoms with Crippen molar-refractivity contribution in [1.82, 2.24) is 10.3 Å². The zero-order valence-corrected chi connectivity index (χ0v) is 15.4. The summed E-state index contributed by atoms with van der Waals surface area (Å²) in [6.45, 7) is 0.402. The van der Waals surface area contributed by atoms with Crippen LogP contribution in [0.25, 0.3) is 0 Å². The van der Waals surface area contributed by atoms with Gasteiger partial charge in [0, 0.05) is 18.8 Å². The lowest BCUT2D eigenvalue weighted by Gasteiger charge is -2.11. The Balaban J connectivity index is 0.00000156. The molecule has 1 heterocycles. The molecule has 0 bridgehead atoms. The van der Waals surface area contributed by atoms with Crippen molar-refractivity contribution in [2.45, 2.75) is 24.9 Å². The normalized spacial score (nSPS) is 13.7. The standard InChI is InChI=1S/C17H19N3O3.2ClH/c1-22-13-2-4-14(5-3-13)23-15-10-12(6-9-19-15)11-20-16(21)17(18)7-8-17;;/h2-6,9-10H,7-8,11,18H2,1H3,(H,20,21);2*1H. The molecular weight excluding hydrogens is 365 g/mol. The van der Waals surface area contributed by atoms with Crippen molar-refractivity contribution < 1.29 is 14.3 Å². The first-order valence-electron chi connectivity index (χ1n) is 7.43. The number of ether oxygens (including phenoxy) is 2. The molecule has 136 valence electrons. The van der Waals surface area contributed by atoms with Crippen LogP contribution in [0.2, 0.25) is 0 Å². The topological polar surface area (TPSA) is 86.5 Å². The summed E-state index contributed by atoms with van der Waals surface area (Å²) < 4.78 is 10.8. The number of aromatic nitrogens is 1. The fourth-order valence-electron chi connectivity index (χ4n) is 2.10. The van der Waals surface area contributed by atoms with E-state index in [2.05, 4.69) is 10.3 Å². The number of methoxy groups -OCH3 is 1. The Morgan fingerprint density at radius 3 is 2.44 bits per heavy atom. The minimum Gasteiger partial charge on any atom is -0.497 e. The van der Waals surface area contributed by atoms with E-state index in [9.17, 15) is 4.79 Å². The van der Waals surface area contributed by atoms with E-state index in [1.54, 1.807) is 31.5 Å². The Kier molecular flexibility index (Phi) is 7.48. The predicted octanol–water partition coefficient (Wildman–Crippen LogP) is 2.83. The number of hydrogen-bond donors (Lipinski definition) is 2. The van der Waals surface area contributed by atoms with Crippen LogP contribution in [0, 0.1) is 0 Å². The van der Waals surface area contributed by atoms with Gasteiger partial charge >= 0.3 is 0 Å². The third-order valence-electron chi connectivity index (χ3n) is 3.78. The number of carbonyl (C=O) groups excluding carboxylic acids is 1. The lowest BCUT2D eigenvalue weighted by Crippen LogP contribution is -2.42. The summed E-state index contributed by atoms with van der Waals surface area (Å²) in [5, 5.41) is 2.84. The minimum atomic E-state index is -0.657. The molecular formula is C17H21Cl2N3O3. The van der Waals surface area contributed by atoms with Gasteiger partial charge in [-0.15, -0.1) is 24.8 Å². The molecule has 1 fully saturated rings. The van der Waals surface area contributed by atoms with E-state index in [0.717, 1.165) is 24.2 Å². The molecule has 8 heteroatoms. The summed E-state index contributed by atoms with van der Waals surface area (Å²) in [6, 6.07) is 10.9. The van der Waals surface area contributed by atoms with Crippen LogP contribution in [0.3, 0.4) is 0 Å². The molecule has 3 N–H and O–H groups in total. The molecule has 0 unspecified atom stereocenters. The number of pyridine rings is 1. The smallest absolute Gasteiger partial charge is 0.240 e. The maximum absolute atomic E-state index is 11.8. The highest BCUT2D eigenvalue weighted by atomic mass is 35.5. The molecule has 0 radical (unpaired) electrons. The quantitative estimate of drug-likeness (QED) is 0.797. The van der Waals surface area contributed by atoms with Gasteiger partial charge in [0.1, 0.15) is 11.5 Å². The highest BCUT2D eigenvalue weighted by molar-refractivity contribution is 5.88. The summed E-state index contributed by atoms with van der Waals surface area (Å²) in [4.78, 5) is 16.0. The van der Waals surface area contributed by atoms with Gasteiger partial charge in [0.15, 0.2) is 0 Å². The number of nitrogens with one attached hydrogen (secondary N) is 1. The number of carbonyl (C=O) groups is 1. The van der Waals surface area contributed by atoms with Crippen LogP contribution in [-0.4, -0.2) is 23.5 Å². The largest absolute Gasteiger partial charge is 0.497 e. The third-order valence-corrected chi connectivity index (χ3v) is 3.78. The zero-order chi connectivity index (χ0) is 16.3. The predicted molar refractivity (Wildman–Crippen MR) is 99.8 cm³/mol. The minimum absolute atomic E-state index is 0. The summed E-state index contributed by atoms with van der Waals surface area (Å²) in [7, 11) is 1.61. The Bertz CT molecular complexity index is 707. The lowest BCUT2D eigenvalue weighted by molar-refractivity contribution is -0.123. The number of nitrogens with two attached hydrogens (primary N) is 1. The first kappa shape index (κ1) is 21.0. The number of rotatable bonds is 6. The summed E-state index contributed by atoms with van der Waals surface area (Å²) in [5.74, 6) is 1.79. The second kappa shape index (κ2) is 8.89. The monoisotopic (exact) mass is 385 g/mol. The molecule has 1 aliphatic rings. The van der Waals surface area contributed by atoms with Crippen molar-refractivity contribution in [3.05, 3.63) is 48.2 Å². The van der Waals surface area contributed by atoms with E-state index in [1.165, 1.54) is 0 Å². The first-order chi connectivity index (χ1) is 11.1. The molecule has 1 aromatic heterocycles. The molecule has 1 saturated carbocycles. The second-order valence-corrected chi connectivity index (χ2v) is 5.62. The SMILES string of the molecule is COc1ccc(Oc2cc(CNC(=O)C3(N)CC3)ccn2)cc1.Cl.Cl. The molecule has 1 aromatic carbocycles. The van der Waals surface area contributed by atoms with E-state index in [4.69, 9.17) is 15.2 Å². The summed E-state index contributed by atoms with van der Waals surface area (Å²) in [5.41, 5.74) is 6.10. The van der Waals surface area contributed by atoms with Gasteiger partial charge in [-0.1, -0.05) is 0 Å². The van der Waals surface area contributed by atoms with Gasteiger partial charge in [0.25, 0.3) is 0 Å². The number of nitrogens with zero attached hydrogens (tertiary/aromatic N) is 1. The molecule has 6 nitrogen and oxygen atoms in total. The molecule has 0 aliphatic heterocycles. The van der Waals surface area contributed by atoms with Gasteiger partial charge in [-0.3, -0.25) is 4.79 Å². The molecule has 0 spiro atoms. The van der Waals surface area contributed by atoms with Gasteiger partial charge < -0.3 is 20.5 Å². The van der Waals surface area contributed by atoms with Crippen LogP contribution in [0.4, 0.5) is 0 Å². The Morgan fingerprint density at radius 2 is 1.84 bits per heavy atom. The van der Waals surface area contributed by atoms with Gasteiger partial charge in [0.2, 0.25) is 11.8 Å². The summed E-state index contributed by atoms with van der Waals surface area (Å²) in [6.07, 6.45) is 3.15. The average molecular weight is 386 g/mol. The fraction of sp³-hybridized carbons (Fsp3) is 0.294. The van der Waals surface area contributed by atoms with E-state index in [-0.39, 0.29) is 30.7 Å². The molecule has 0 saturated heterocycles. The van der Waals surface area contributed by atoms with Crippen molar-refractivity contribution in [3.63, 3.8) is 0 Å². The van der Waals surface area contributed by atoms with E-state index < -0.39 is 5.54 Å². The van der Waals surface area contributed by atoms with Gasteiger partial charge in [-0.2, -0.15) is 0 Å². The highest BCUT2D eigenvalue weighted by Crippen LogP contribution is 2.32. The Labute approximate surface area is 158 Å². The Morgan fingerprint density at radius 1 is 1.20 bits per heavy atom. The van der Waals surface area contributed by atoms with Crippen molar-refractivity contribution in [1.29, 1.82) is 0 Å². The van der Waals surface area contributed by atoms with Crippen LogP contribution in [0.15, 0.2) is 42.6 Å². The molecule has 3 rings (SSSR count). The third kappa shape index (κ3) is 5.49. The fourth-order valence-corrected chi connectivity index (χ4v) is 2.10. The van der Waals surface area contributed by atoms with Crippen LogP contribution in [0.1, 0.15) is 18.4 Å². The van der Waals surface area contributed by atoms with Crippen molar-refractivity contribution in [2.24, 2.45) is 5.73 Å². The Hall–Kier alpha value is -2.02. The second-order valence-electron chi connectivity index (χ2n) is 5.62. The highest BCUT2D eigenvalue weighted by Gasteiger charge is 2.45. The van der Waals surface area contributed by atoms with Crippen molar-refractivity contribution in [3.8, 4) is 17.4 Å². The number of benzene rings is 1. The van der Waals surface area contributed by atoms with Crippen LogP contribution in [-0.2, 0) is 11.3 Å². The average Bonchev–Trinajstić information content (AvgIpc) is 3.33. The lowest BCUT2D eigenvalue weighted by atomic mass is 10.2. The van der Waals surface area contributed by atoms with Gasteiger partial charge in [-0.25, -0.2) is 4.98 Å². The van der Waals surface area contributed by atoms with E-state index in [0.29, 0.717) is 18.2 Å². The van der Waals surface area contributed by atoms with Crippen molar-refractivity contribution >= 4 is 30.7 Å². The molecule has 0 atom stereocenters. The van der Waals surface area contributed by atoms with Gasteiger partial charge in [-0.05, 0) is 48.7 Å². The van der Waals surface area contributed by atoms with Crippen LogP contribution in [0.5, 0.6) is 17.4 Å². The van der Waals surface area contributed by atoms with E-state index >= 15 is 0 Å². The number of amides is 1. The molecule has 2 aromatic rings. The van der Waals surface area contributed by atoms with Gasteiger partial charge in [0.05, 0.1) is 12.6 Å². The molecule has 25 heavy (non-hydrogen) atoms. The maximum atomic E-state index is 11.8. The maximum Gasteiger partial charge on any atom is 0.240 e. The van der Waals surface area contributed by atoms with Crippen LogP contribution >= 0.6 is 24.8 Å². The van der Waals surface area contributed by atoms with E-state index in [1.807, 2.05) is 18.2 Å². The summed E-state index contributed by atoms with van der Waals surface area (Å²) >= 11 is 0. The molecule has 1 amide bonds. The molecule has 1 aliphatic carbocycles. The van der Waals surface area contributed by atoms with Crippen molar-refractivity contribution in [2.75, 3.05) is 7.11 Å². The van der Waals surface area contributed by atoms with Crippen LogP contribution < -0.4 is 20.5 Å². The number of halogens is 2. The number of hydrogen-bond acceptors (Lipinski definition) is 5. The first-order valence-corrected chi connectivity index (χ1v) is 7.43. The zero-order valence-electron chi connectivity index (χ0n) is 13.7.